The van der Waals surface area contributed by atoms with Crippen LogP contribution in [0.4, 0.5) is 0 Å². The molecule has 5 heteroatoms. The monoisotopic (exact) mass is 416 g/mol. The van der Waals surface area contributed by atoms with Gasteiger partial charge in [-0.3, -0.25) is 4.90 Å². The molecule has 0 radical (unpaired) electrons. The zero-order valence-electron chi connectivity index (χ0n) is 17.8. The first-order valence-electron chi connectivity index (χ1n) is 11.1. The van der Waals surface area contributed by atoms with Crippen LogP contribution < -0.4 is 0 Å². The van der Waals surface area contributed by atoms with Crippen molar-refractivity contribution in [2.24, 2.45) is 0 Å². The second-order valence-electron chi connectivity index (χ2n) is 8.65. The van der Waals surface area contributed by atoms with Gasteiger partial charge < -0.3 is 14.8 Å². The molecule has 5 rings (SSSR count). The van der Waals surface area contributed by atoms with Crippen LogP contribution in [-0.2, 0) is 16.0 Å². The number of ether oxygens (including phenoxy) is 1. The van der Waals surface area contributed by atoms with Gasteiger partial charge in [-0.15, -0.1) is 0 Å². The lowest BCUT2D eigenvalue weighted by molar-refractivity contribution is -0.131. The molecule has 5 nitrogen and oxygen atoms in total. The number of hydrogen-bond acceptors (Lipinski definition) is 3. The average Bonchev–Trinajstić information content (AvgIpc) is 3.16. The summed E-state index contributed by atoms with van der Waals surface area (Å²) in [5.41, 5.74) is 6.04. The highest BCUT2D eigenvalue weighted by molar-refractivity contribution is 5.86. The number of hydrogen-bond donors (Lipinski definition) is 2. The summed E-state index contributed by atoms with van der Waals surface area (Å²) in [6, 6.07) is 18.0. The summed E-state index contributed by atoms with van der Waals surface area (Å²) in [5.74, 6) is -0.932. The van der Waals surface area contributed by atoms with Crippen LogP contribution in [0.2, 0.25) is 0 Å². The van der Waals surface area contributed by atoms with Crippen molar-refractivity contribution in [1.29, 1.82) is 0 Å². The average molecular weight is 417 g/mol. The van der Waals surface area contributed by atoms with Gasteiger partial charge in [0, 0.05) is 48.0 Å². The molecule has 2 aromatic carbocycles. The van der Waals surface area contributed by atoms with E-state index >= 15 is 0 Å². The Morgan fingerprint density at radius 3 is 2.61 bits per heavy atom. The Morgan fingerprint density at radius 2 is 1.87 bits per heavy atom. The van der Waals surface area contributed by atoms with E-state index in [0.717, 1.165) is 38.0 Å². The van der Waals surface area contributed by atoms with Crippen LogP contribution in [0.1, 0.15) is 48.2 Å². The molecule has 0 saturated carbocycles. The smallest absolute Gasteiger partial charge is 0.328 e. The number of aromatic nitrogens is 1. The van der Waals surface area contributed by atoms with Gasteiger partial charge in [0.15, 0.2) is 0 Å². The fourth-order valence-electron chi connectivity index (χ4n) is 5.33. The van der Waals surface area contributed by atoms with E-state index in [2.05, 4.69) is 53.2 Å². The van der Waals surface area contributed by atoms with Gasteiger partial charge in [-0.1, -0.05) is 42.5 Å². The van der Waals surface area contributed by atoms with E-state index < -0.39 is 5.97 Å². The first kappa shape index (κ1) is 20.0. The fraction of sp³-hybridized carbons (Fsp3) is 0.346. The number of carboxylic acid groups (broad SMARTS) is 1. The Labute approximate surface area is 182 Å². The Morgan fingerprint density at radius 1 is 1.13 bits per heavy atom. The third-order valence-corrected chi connectivity index (χ3v) is 6.71. The molecule has 3 heterocycles. The van der Waals surface area contributed by atoms with Crippen molar-refractivity contribution in [3.8, 4) is 0 Å². The Hall–Kier alpha value is -2.89. The second kappa shape index (κ2) is 8.33. The number of H-pyrrole nitrogens is 1. The van der Waals surface area contributed by atoms with Crippen molar-refractivity contribution in [3.63, 3.8) is 0 Å². The minimum Gasteiger partial charge on any atom is -0.478 e. The van der Waals surface area contributed by atoms with Gasteiger partial charge >= 0.3 is 5.97 Å². The lowest BCUT2D eigenvalue weighted by Crippen LogP contribution is -2.50. The van der Waals surface area contributed by atoms with Crippen molar-refractivity contribution in [1.82, 2.24) is 9.88 Å². The quantitative estimate of drug-likeness (QED) is 0.601. The molecule has 0 amide bonds. The predicted molar refractivity (Wildman–Crippen MR) is 122 cm³/mol. The standard InChI is InChI=1S/C26H28N2O3/c1-17-16-22-21-4-2-3-5-23(21)27-25(22)26(28(17)20-12-14-31-15-13-20)19-9-6-18(7-10-19)8-11-24(29)30/h2-11,17,20,26-27H,12-16H2,1H3,(H,29,30)/b11-8+. The Kier molecular flexibility index (Phi) is 5.38. The number of carboxylic acids is 1. The molecule has 0 spiro atoms. The summed E-state index contributed by atoms with van der Waals surface area (Å²) >= 11 is 0. The van der Waals surface area contributed by atoms with Gasteiger partial charge in [0.25, 0.3) is 0 Å². The van der Waals surface area contributed by atoms with Crippen LogP contribution in [0.25, 0.3) is 17.0 Å². The lowest BCUT2D eigenvalue weighted by atomic mass is 9.86. The lowest BCUT2D eigenvalue weighted by Gasteiger charge is -2.46. The third kappa shape index (κ3) is 3.80. The SMILES string of the molecule is CC1Cc2c([nH]c3ccccc23)C(c2ccc(/C=C/C(=O)O)cc2)N1C1CCOCC1. The van der Waals surface area contributed by atoms with Gasteiger partial charge in [0.05, 0.1) is 6.04 Å². The number of rotatable bonds is 4. The van der Waals surface area contributed by atoms with Gasteiger partial charge in [0.1, 0.15) is 0 Å². The van der Waals surface area contributed by atoms with E-state index in [0.29, 0.717) is 12.1 Å². The van der Waals surface area contributed by atoms with Crippen LogP contribution in [0.5, 0.6) is 0 Å². The molecule has 3 aromatic rings. The summed E-state index contributed by atoms with van der Waals surface area (Å²) in [4.78, 5) is 17.3. The molecule has 2 aliphatic heterocycles. The van der Waals surface area contributed by atoms with Crippen molar-refractivity contribution in [2.45, 2.75) is 44.3 Å². The molecule has 0 aliphatic carbocycles. The maximum absolute atomic E-state index is 10.9. The highest BCUT2D eigenvalue weighted by Gasteiger charge is 2.39. The second-order valence-corrected chi connectivity index (χ2v) is 8.65. The number of nitrogens with zero attached hydrogens (tertiary/aromatic N) is 1. The van der Waals surface area contributed by atoms with E-state index in [-0.39, 0.29) is 6.04 Å². The summed E-state index contributed by atoms with van der Waals surface area (Å²) in [6.45, 7) is 3.98. The normalized spacial score (nSPS) is 22.7. The van der Waals surface area contributed by atoms with Gasteiger partial charge in [-0.2, -0.15) is 0 Å². The van der Waals surface area contributed by atoms with E-state index in [4.69, 9.17) is 9.84 Å². The molecule has 2 aliphatic rings. The van der Waals surface area contributed by atoms with Crippen molar-refractivity contribution in [2.75, 3.05) is 13.2 Å². The summed E-state index contributed by atoms with van der Waals surface area (Å²) in [5, 5.41) is 10.2. The zero-order valence-corrected chi connectivity index (χ0v) is 17.8. The van der Waals surface area contributed by atoms with E-state index in [1.807, 2.05) is 12.1 Å². The van der Waals surface area contributed by atoms with Crippen LogP contribution >= 0.6 is 0 Å². The van der Waals surface area contributed by atoms with Gasteiger partial charge in [0.2, 0.25) is 0 Å². The summed E-state index contributed by atoms with van der Waals surface area (Å²) in [6.07, 6.45) is 5.96. The van der Waals surface area contributed by atoms with Crippen LogP contribution in [0.3, 0.4) is 0 Å². The van der Waals surface area contributed by atoms with E-state index in [1.54, 1.807) is 6.08 Å². The van der Waals surface area contributed by atoms with Gasteiger partial charge in [-0.25, -0.2) is 4.79 Å². The highest BCUT2D eigenvalue weighted by Crippen LogP contribution is 2.43. The van der Waals surface area contributed by atoms with Gasteiger partial charge in [-0.05, 0) is 55.0 Å². The maximum atomic E-state index is 10.9. The highest BCUT2D eigenvalue weighted by atomic mass is 16.5. The third-order valence-electron chi connectivity index (χ3n) is 6.71. The predicted octanol–water partition coefficient (Wildman–Crippen LogP) is 4.78. The molecule has 1 aromatic heterocycles. The fourth-order valence-corrected chi connectivity index (χ4v) is 5.33. The number of aromatic amines is 1. The number of nitrogens with one attached hydrogen (secondary N) is 1. The molecule has 2 N–H and O–H groups in total. The molecule has 1 fully saturated rings. The van der Waals surface area contributed by atoms with Crippen LogP contribution in [0.15, 0.2) is 54.6 Å². The number of aliphatic carboxylic acids is 1. The minimum atomic E-state index is -0.932. The zero-order chi connectivity index (χ0) is 21.4. The molecular weight excluding hydrogens is 388 g/mol. The van der Waals surface area contributed by atoms with Crippen molar-refractivity contribution in [3.05, 3.63) is 77.0 Å². The number of benzene rings is 2. The molecular formula is C26H28N2O3. The van der Waals surface area contributed by atoms with Crippen LogP contribution in [-0.4, -0.2) is 46.3 Å². The molecule has 31 heavy (non-hydrogen) atoms. The van der Waals surface area contributed by atoms with Crippen molar-refractivity contribution < 1.29 is 14.6 Å². The minimum absolute atomic E-state index is 0.145. The summed E-state index contributed by atoms with van der Waals surface area (Å²) in [7, 11) is 0. The first-order chi connectivity index (χ1) is 15.1. The molecule has 160 valence electrons. The summed E-state index contributed by atoms with van der Waals surface area (Å²) < 4.78 is 5.66. The Balaban J connectivity index is 1.60. The number of carbonyl (C=O) groups is 1. The Bertz CT molecular complexity index is 1110. The molecule has 0 bridgehead atoms. The van der Waals surface area contributed by atoms with Crippen LogP contribution in [0, 0.1) is 0 Å². The number of para-hydroxylation sites is 1. The molecule has 1 saturated heterocycles. The molecule has 2 atom stereocenters. The topological polar surface area (TPSA) is 65.6 Å². The first-order valence-corrected chi connectivity index (χ1v) is 11.1. The molecule has 2 unspecified atom stereocenters. The van der Waals surface area contributed by atoms with E-state index in [1.165, 1.54) is 33.8 Å². The largest absolute Gasteiger partial charge is 0.478 e. The maximum Gasteiger partial charge on any atom is 0.328 e. The van der Waals surface area contributed by atoms with Crippen molar-refractivity contribution >= 4 is 22.9 Å². The van der Waals surface area contributed by atoms with E-state index in [9.17, 15) is 4.79 Å². The number of fused-ring (bicyclic) bond motifs is 3.